The second-order valence-electron chi connectivity index (χ2n) is 8.36. The second-order valence-corrected chi connectivity index (χ2v) is 10.2. The van der Waals surface area contributed by atoms with Crippen LogP contribution in [0.2, 0.25) is 0 Å². The van der Waals surface area contributed by atoms with Gasteiger partial charge in [-0.25, -0.2) is 13.2 Å². The van der Waals surface area contributed by atoms with E-state index in [0.717, 1.165) is 4.31 Å². The zero-order chi connectivity index (χ0) is 31.0. The Morgan fingerprint density at radius 1 is 0.690 bits per heavy atom. The van der Waals surface area contributed by atoms with Gasteiger partial charge in [0.15, 0.2) is 23.0 Å². The van der Waals surface area contributed by atoms with Crippen LogP contribution >= 0.6 is 0 Å². The third-order valence-corrected chi connectivity index (χ3v) is 7.84. The number of nitrogens with one attached hydrogen (secondary N) is 1. The molecule has 0 bridgehead atoms. The third kappa shape index (κ3) is 6.54. The summed E-state index contributed by atoms with van der Waals surface area (Å²) in [4.78, 5) is 25.8. The first-order valence-electron chi connectivity index (χ1n) is 12.2. The quantitative estimate of drug-likeness (QED) is 0.286. The van der Waals surface area contributed by atoms with Crippen molar-refractivity contribution in [2.24, 2.45) is 0 Å². The van der Waals surface area contributed by atoms with E-state index in [1.54, 1.807) is 6.07 Å². The van der Waals surface area contributed by atoms with E-state index in [-0.39, 0.29) is 44.8 Å². The molecule has 0 aliphatic rings. The van der Waals surface area contributed by atoms with E-state index in [1.165, 1.54) is 92.2 Å². The van der Waals surface area contributed by atoms with Crippen molar-refractivity contribution in [1.29, 1.82) is 0 Å². The molecular weight excluding hydrogens is 572 g/mol. The Hall–Kier alpha value is -4.85. The van der Waals surface area contributed by atoms with Gasteiger partial charge in [0.1, 0.15) is 18.0 Å². The molecule has 1 amide bonds. The van der Waals surface area contributed by atoms with Gasteiger partial charge in [0.05, 0.1) is 71.6 Å². The van der Waals surface area contributed by atoms with Gasteiger partial charge in [-0.2, -0.15) is 0 Å². The number of amides is 1. The van der Waals surface area contributed by atoms with Gasteiger partial charge in [0, 0.05) is 24.3 Å². The number of hydrogen-bond donors (Lipinski definition) is 1. The summed E-state index contributed by atoms with van der Waals surface area (Å²) in [6.07, 6.45) is 0. The van der Waals surface area contributed by atoms with Crippen LogP contribution in [-0.2, 0) is 19.6 Å². The van der Waals surface area contributed by atoms with Crippen molar-refractivity contribution in [3.05, 3.63) is 54.1 Å². The van der Waals surface area contributed by atoms with E-state index in [9.17, 15) is 18.0 Å². The van der Waals surface area contributed by atoms with E-state index in [4.69, 9.17) is 33.2 Å². The zero-order valence-corrected chi connectivity index (χ0v) is 25.0. The molecule has 0 atom stereocenters. The van der Waals surface area contributed by atoms with Crippen LogP contribution in [0, 0.1) is 0 Å². The molecular formula is C28H32N2O11S. The first-order chi connectivity index (χ1) is 20.1. The molecule has 0 saturated carbocycles. The van der Waals surface area contributed by atoms with Gasteiger partial charge in [-0.05, 0) is 24.3 Å². The molecule has 226 valence electrons. The normalized spacial score (nSPS) is 10.7. The van der Waals surface area contributed by atoms with Crippen LogP contribution in [0.3, 0.4) is 0 Å². The van der Waals surface area contributed by atoms with Crippen molar-refractivity contribution in [3.8, 4) is 34.5 Å². The van der Waals surface area contributed by atoms with Gasteiger partial charge in [-0.1, -0.05) is 0 Å². The molecule has 0 fully saturated rings. The number of rotatable bonds is 13. The molecule has 0 saturated heterocycles. The lowest BCUT2D eigenvalue weighted by Gasteiger charge is -2.26. The minimum atomic E-state index is -4.45. The number of sulfonamides is 1. The van der Waals surface area contributed by atoms with Crippen LogP contribution in [0.5, 0.6) is 34.5 Å². The van der Waals surface area contributed by atoms with Gasteiger partial charge >= 0.3 is 5.97 Å². The average Bonchev–Trinajstić information content (AvgIpc) is 3.01. The minimum absolute atomic E-state index is 0.00516. The highest BCUT2D eigenvalue weighted by Crippen LogP contribution is 2.38. The molecule has 0 aliphatic carbocycles. The molecule has 0 unspecified atom stereocenters. The highest BCUT2D eigenvalue weighted by molar-refractivity contribution is 7.92. The van der Waals surface area contributed by atoms with E-state index in [1.807, 2.05) is 0 Å². The lowest BCUT2D eigenvalue weighted by molar-refractivity contribution is -0.114. The number of carbonyl (C=O) groups is 2. The first-order valence-corrected chi connectivity index (χ1v) is 13.6. The Balaban J connectivity index is 2.15. The summed E-state index contributed by atoms with van der Waals surface area (Å²) >= 11 is 0. The molecule has 0 radical (unpaired) electrons. The predicted molar refractivity (Wildman–Crippen MR) is 153 cm³/mol. The van der Waals surface area contributed by atoms with E-state index >= 15 is 0 Å². The lowest BCUT2D eigenvalue weighted by Crippen LogP contribution is -2.38. The Morgan fingerprint density at radius 2 is 1.26 bits per heavy atom. The fraction of sp³-hybridized carbons (Fsp3) is 0.286. The molecule has 14 heteroatoms. The summed E-state index contributed by atoms with van der Waals surface area (Å²) in [6, 6.07) is 11.2. The number of carbonyl (C=O) groups excluding carboxylic acids is 2. The maximum atomic E-state index is 14.1. The number of methoxy groups -OCH3 is 7. The van der Waals surface area contributed by atoms with Crippen LogP contribution < -0.4 is 38.0 Å². The number of hydrogen-bond acceptors (Lipinski definition) is 11. The first kappa shape index (κ1) is 31.7. The van der Waals surface area contributed by atoms with E-state index in [0.29, 0.717) is 11.5 Å². The topological polar surface area (TPSA) is 148 Å². The molecule has 3 rings (SSSR count). The zero-order valence-electron chi connectivity index (χ0n) is 24.2. The molecule has 0 aliphatic heterocycles. The second kappa shape index (κ2) is 13.7. The fourth-order valence-corrected chi connectivity index (χ4v) is 5.42. The van der Waals surface area contributed by atoms with Gasteiger partial charge in [-0.3, -0.25) is 9.10 Å². The molecule has 0 spiro atoms. The summed E-state index contributed by atoms with van der Waals surface area (Å²) in [5.74, 6) is -0.214. The summed E-state index contributed by atoms with van der Waals surface area (Å²) in [6.45, 7) is -0.741. The van der Waals surface area contributed by atoms with E-state index in [2.05, 4.69) is 5.32 Å². The van der Waals surface area contributed by atoms with Crippen LogP contribution in [0.4, 0.5) is 11.4 Å². The molecule has 3 aromatic rings. The van der Waals surface area contributed by atoms with Crippen molar-refractivity contribution < 1.29 is 51.2 Å². The van der Waals surface area contributed by atoms with E-state index < -0.39 is 28.4 Å². The van der Waals surface area contributed by atoms with Crippen molar-refractivity contribution >= 4 is 33.3 Å². The Morgan fingerprint density at radius 3 is 1.83 bits per heavy atom. The summed E-state index contributed by atoms with van der Waals surface area (Å²) < 4.78 is 65.7. The van der Waals surface area contributed by atoms with Crippen molar-refractivity contribution in [3.63, 3.8) is 0 Å². The predicted octanol–water partition coefficient (Wildman–Crippen LogP) is 3.36. The van der Waals surface area contributed by atoms with Gasteiger partial charge in [0.25, 0.3) is 10.0 Å². The minimum Gasteiger partial charge on any atom is -0.497 e. The lowest BCUT2D eigenvalue weighted by atomic mass is 10.1. The number of anilines is 2. The van der Waals surface area contributed by atoms with Gasteiger partial charge in [0.2, 0.25) is 5.91 Å². The molecule has 1 N–H and O–H groups in total. The van der Waals surface area contributed by atoms with Crippen molar-refractivity contribution in [2.75, 3.05) is 65.9 Å². The number of nitrogens with zero attached hydrogens (tertiary/aromatic N) is 1. The number of benzene rings is 3. The van der Waals surface area contributed by atoms with Crippen molar-refractivity contribution in [1.82, 2.24) is 0 Å². The maximum absolute atomic E-state index is 14.1. The SMILES string of the molecule is COC(=O)c1cc(OC)c(OC)cc1NC(=O)CN(c1cc(OC)ccc1OC)S(=O)(=O)c1ccc(OC)c(OC)c1. The summed E-state index contributed by atoms with van der Waals surface area (Å²) in [5, 5.41) is 2.58. The van der Waals surface area contributed by atoms with Crippen LogP contribution in [0.25, 0.3) is 0 Å². The van der Waals surface area contributed by atoms with Crippen LogP contribution in [-0.4, -0.2) is 76.6 Å². The average molecular weight is 605 g/mol. The van der Waals surface area contributed by atoms with Crippen LogP contribution in [0.1, 0.15) is 10.4 Å². The smallest absolute Gasteiger partial charge is 0.340 e. The highest BCUT2D eigenvalue weighted by Gasteiger charge is 2.31. The fourth-order valence-electron chi connectivity index (χ4n) is 3.98. The Kier molecular flexibility index (Phi) is 10.3. The van der Waals surface area contributed by atoms with Crippen molar-refractivity contribution in [2.45, 2.75) is 4.90 Å². The molecule has 42 heavy (non-hydrogen) atoms. The van der Waals surface area contributed by atoms with Crippen LogP contribution in [0.15, 0.2) is 53.4 Å². The Labute approximate surface area is 243 Å². The summed E-state index contributed by atoms with van der Waals surface area (Å²) in [5.41, 5.74) is -0.0235. The molecule has 3 aromatic carbocycles. The molecule has 13 nitrogen and oxygen atoms in total. The Bertz CT molecular complexity index is 1560. The van der Waals surface area contributed by atoms with Gasteiger partial charge < -0.3 is 38.5 Å². The standard InChI is InChI=1S/C28H32N2O11S/c1-35-17-8-10-22(36-2)21(12-17)30(42(33,34)18-9-11-23(37-3)24(13-18)38-4)16-27(31)29-20-15-26(40-6)25(39-5)14-19(20)28(32)41-7/h8-15H,16H2,1-7H3,(H,29,31). The third-order valence-electron chi connectivity index (χ3n) is 6.09. The number of ether oxygens (including phenoxy) is 7. The largest absolute Gasteiger partial charge is 0.497 e. The monoisotopic (exact) mass is 604 g/mol. The number of esters is 1. The summed E-state index contributed by atoms with van der Waals surface area (Å²) in [7, 11) is 5.06. The maximum Gasteiger partial charge on any atom is 0.340 e. The highest BCUT2D eigenvalue weighted by atomic mass is 32.2. The molecule has 0 heterocycles. The molecule has 0 aromatic heterocycles. The van der Waals surface area contributed by atoms with Gasteiger partial charge in [-0.15, -0.1) is 0 Å².